The Morgan fingerprint density at radius 3 is 2.59 bits per heavy atom. The second-order valence-corrected chi connectivity index (χ2v) is 13.3. The fourth-order valence-electron chi connectivity index (χ4n) is 6.11. The summed E-state index contributed by atoms with van der Waals surface area (Å²) < 4.78 is 75.9. The van der Waals surface area contributed by atoms with Crippen LogP contribution in [0.25, 0.3) is 0 Å². The fraction of sp³-hybridized carbons (Fsp3) is 0.387. The van der Waals surface area contributed by atoms with Crippen LogP contribution in [0.2, 0.25) is 0 Å². The predicted molar refractivity (Wildman–Crippen MR) is 163 cm³/mol. The highest BCUT2D eigenvalue weighted by Crippen LogP contribution is 2.32. The number of hydrogen-bond acceptors (Lipinski definition) is 7. The van der Waals surface area contributed by atoms with Gasteiger partial charge in [-0.3, -0.25) is 4.79 Å². The van der Waals surface area contributed by atoms with E-state index in [1.54, 1.807) is 0 Å². The number of anilines is 1. The molecule has 2 aliphatic heterocycles. The molecule has 2 bridgehead atoms. The van der Waals surface area contributed by atoms with Gasteiger partial charge in [0.1, 0.15) is 11.9 Å². The zero-order valence-corrected chi connectivity index (χ0v) is 25.7. The van der Waals surface area contributed by atoms with Gasteiger partial charge in [0.25, 0.3) is 0 Å². The number of aromatic nitrogens is 1. The third-order valence-electron chi connectivity index (χ3n) is 8.39. The lowest BCUT2D eigenvalue weighted by Gasteiger charge is -2.37. The molecular formula is C31H34F3N5O6S. The average molecular weight is 662 g/mol. The van der Waals surface area contributed by atoms with Gasteiger partial charge >= 0.3 is 6.09 Å². The lowest BCUT2D eigenvalue weighted by molar-refractivity contribution is -0.118. The van der Waals surface area contributed by atoms with E-state index in [0.717, 1.165) is 18.6 Å². The predicted octanol–water partition coefficient (Wildman–Crippen LogP) is 3.61. The first-order valence-electron chi connectivity index (χ1n) is 14.7. The SMILES string of the molecule is COc1ccc([C@@H](c2ccc(F)c(F)c2)[C@H](NC(=O)O)C(=O)Nc2cccc(F)c2CCC2CNC3CCCS(=O)(=O)N2C3)cn1. The van der Waals surface area contributed by atoms with Gasteiger partial charge in [-0.15, -0.1) is 0 Å². The van der Waals surface area contributed by atoms with Crippen molar-refractivity contribution >= 4 is 27.7 Å². The van der Waals surface area contributed by atoms with Crippen molar-refractivity contribution in [1.29, 1.82) is 0 Å². The van der Waals surface area contributed by atoms with E-state index in [1.165, 1.54) is 54.0 Å². The summed E-state index contributed by atoms with van der Waals surface area (Å²) in [7, 11) is -2.09. The number of hydrogen-bond donors (Lipinski definition) is 4. The summed E-state index contributed by atoms with van der Waals surface area (Å²) in [5.74, 6) is -4.82. The first-order valence-corrected chi connectivity index (χ1v) is 16.3. The Bertz CT molecular complexity index is 1690. The molecule has 3 unspecified atom stereocenters. The summed E-state index contributed by atoms with van der Waals surface area (Å²) in [5, 5.41) is 17.9. The Labute approximate surface area is 264 Å². The van der Waals surface area contributed by atoms with Gasteiger partial charge in [0.2, 0.25) is 21.8 Å². The molecule has 246 valence electrons. The normalized spacial score (nSPS) is 21.8. The molecule has 2 aliphatic rings. The molecule has 5 atom stereocenters. The Morgan fingerprint density at radius 2 is 1.89 bits per heavy atom. The van der Waals surface area contributed by atoms with Gasteiger partial charge in [-0.05, 0) is 61.1 Å². The van der Waals surface area contributed by atoms with Crippen molar-refractivity contribution in [3.63, 3.8) is 0 Å². The van der Waals surface area contributed by atoms with Gasteiger partial charge in [0, 0.05) is 54.6 Å². The number of halogens is 3. The number of nitrogens with zero attached hydrogens (tertiary/aromatic N) is 2. The van der Waals surface area contributed by atoms with E-state index < -0.39 is 57.5 Å². The van der Waals surface area contributed by atoms with Crippen molar-refractivity contribution in [2.45, 2.75) is 49.7 Å². The first kappa shape index (κ1) is 33.2. The molecule has 3 heterocycles. The topological polar surface area (TPSA) is 150 Å². The molecule has 46 heavy (non-hydrogen) atoms. The summed E-state index contributed by atoms with van der Waals surface area (Å²) in [6, 6.07) is 7.98. The summed E-state index contributed by atoms with van der Waals surface area (Å²) >= 11 is 0. The van der Waals surface area contributed by atoms with Gasteiger partial charge in [-0.25, -0.2) is 31.4 Å². The van der Waals surface area contributed by atoms with Crippen molar-refractivity contribution in [2.75, 3.05) is 31.3 Å². The zero-order valence-electron chi connectivity index (χ0n) is 24.9. The molecule has 0 saturated carbocycles. The van der Waals surface area contributed by atoms with E-state index in [9.17, 15) is 31.9 Å². The van der Waals surface area contributed by atoms with Gasteiger partial charge in [-0.1, -0.05) is 18.2 Å². The molecule has 1 aromatic heterocycles. The Hall–Kier alpha value is -4.21. The number of pyridine rings is 1. The molecule has 0 spiro atoms. The van der Waals surface area contributed by atoms with E-state index in [-0.39, 0.29) is 52.9 Å². The number of piperazine rings is 1. The van der Waals surface area contributed by atoms with Crippen LogP contribution in [0.3, 0.4) is 0 Å². The minimum Gasteiger partial charge on any atom is -0.481 e. The third-order valence-corrected chi connectivity index (χ3v) is 10.4. The molecule has 0 aliphatic carbocycles. The largest absolute Gasteiger partial charge is 0.481 e. The van der Waals surface area contributed by atoms with Crippen LogP contribution in [0, 0.1) is 17.5 Å². The number of rotatable bonds is 10. The van der Waals surface area contributed by atoms with Crippen molar-refractivity contribution in [2.24, 2.45) is 0 Å². The van der Waals surface area contributed by atoms with Crippen LogP contribution in [0.1, 0.15) is 41.9 Å². The van der Waals surface area contributed by atoms with Gasteiger partial charge in [-0.2, -0.15) is 4.31 Å². The lowest BCUT2D eigenvalue weighted by atomic mass is 9.85. The number of carboxylic acid groups (broad SMARTS) is 1. The number of carbonyl (C=O) groups excluding carboxylic acids is 1. The van der Waals surface area contributed by atoms with Crippen LogP contribution in [-0.4, -0.2) is 78.9 Å². The van der Waals surface area contributed by atoms with Gasteiger partial charge in [0.05, 0.1) is 12.9 Å². The van der Waals surface area contributed by atoms with Crippen LogP contribution >= 0.6 is 0 Å². The number of sulfonamides is 1. The molecule has 3 aromatic rings. The molecule has 4 N–H and O–H groups in total. The van der Waals surface area contributed by atoms with Crippen LogP contribution in [-0.2, 0) is 21.2 Å². The zero-order chi connectivity index (χ0) is 33.0. The average Bonchev–Trinajstić information content (AvgIpc) is 3.14. The maximum absolute atomic E-state index is 15.3. The standard InChI is InChI=1S/C31H34F3N5O6S/c1-45-27-12-8-19(15-36-27)28(18-7-11-24(33)25(34)14-18)29(38-31(41)42)30(40)37-26-6-2-5-23(32)22(26)10-9-21-16-35-20-4-3-13-46(43,44)39(21)17-20/h2,5-8,11-12,14-15,20-21,28-29,35,38H,3-4,9-10,13,16-17H2,1H3,(H,37,40)(H,41,42)/t20?,21?,28-,29+/m1/s1. The Kier molecular flexibility index (Phi) is 10.1. The van der Waals surface area contributed by atoms with Crippen LogP contribution in [0.4, 0.5) is 23.7 Å². The van der Waals surface area contributed by atoms with E-state index in [2.05, 4.69) is 20.9 Å². The molecule has 2 saturated heterocycles. The monoisotopic (exact) mass is 661 g/mol. The molecule has 2 amide bonds. The molecule has 2 aromatic carbocycles. The molecule has 5 rings (SSSR count). The van der Waals surface area contributed by atoms with E-state index in [1.807, 2.05) is 0 Å². The Morgan fingerprint density at radius 1 is 1.11 bits per heavy atom. The minimum absolute atomic E-state index is 0.0451. The van der Waals surface area contributed by atoms with Crippen molar-refractivity contribution in [3.05, 3.63) is 88.9 Å². The van der Waals surface area contributed by atoms with Crippen molar-refractivity contribution < 1.29 is 41.0 Å². The molecule has 11 nitrogen and oxygen atoms in total. The van der Waals surface area contributed by atoms with Crippen molar-refractivity contribution in [1.82, 2.24) is 19.9 Å². The van der Waals surface area contributed by atoms with E-state index >= 15 is 4.39 Å². The second-order valence-electron chi connectivity index (χ2n) is 11.3. The smallest absolute Gasteiger partial charge is 0.405 e. The van der Waals surface area contributed by atoms with Crippen LogP contribution in [0.15, 0.2) is 54.7 Å². The first-order chi connectivity index (χ1) is 22.0. The minimum atomic E-state index is -3.48. The molecule has 0 radical (unpaired) electrons. The number of amides is 2. The van der Waals surface area contributed by atoms with E-state index in [0.29, 0.717) is 19.5 Å². The summed E-state index contributed by atoms with van der Waals surface area (Å²) in [4.78, 5) is 29.9. The second kappa shape index (κ2) is 14.1. The maximum Gasteiger partial charge on any atom is 0.405 e. The lowest BCUT2D eigenvalue weighted by Crippen LogP contribution is -2.57. The quantitative estimate of drug-likeness (QED) is 0.258. The van der Waals surface area contributed by atoms with Crippen LogP contribution in [0.5, 0.6) is 5.88 Å². The van der Waals surface area contributed by atoms with Crippen molar-refractivity contribution in [3.8, 4) is 5.88 Å². The summed E-state index contributed by atoms with van der Waals surface area (Å²) in [5.41, 5.74) is 0.511. The Balaban J connectivity index is 1.44. The molecule has 2 fully saturated rings. The van der Waals surface area contributed by atoms with Gasteiger partial charge in [0.15, 0.2) is 11.6 Å². The highest BCUT2D eigenvalue weighted by atomic mass is 32.2. The van der Waals surface area contributed by atoms with Crippen LogP contribution < -0.4 is 20.7 Å². The van der Waals surface area contributed by atoms with Gasteiger partial charge < -0.3 is 25.8 Å². The number of methoxy groups -OCH3 is 1. The fourth-order valence-corrected chi connectivity index (χ4v) is 7.92. The number of fused-ring (bicyclic) bond motifs is 2. The highest BCUT2D eigenvalue weighted by molar-refractivity contribution is 7.89. The molecular weight excluding hydrogens is 627 g/mol. The highest BCUT2D eigenvalue weighted by Gasteiger charge is 2.38. The number of nitrogens with one attached hydrogen (secondary N) is 3. The number of carbonyl (C=O) groups is 2. The summed E-state index contributed by atoms with van der Waals surface area (Å²) in [6.45, 7) is 0.735. The van der Waals surface area contributed by atoms with E-state index in [4.69, 9.17) is 4.74 Å². The maximum atomic E-state index is 15.3. The summed E-state index contributed by atoms with van der Waals surface area (Å²) in [6.07, 6.45) is 1.37. The molecule has 15 heteroatoms. The number of benzene rings is 2. The number of ether oxygens (including phenoxy) is 1. The third kappa shape index (κ3) is 7.43.